The van der Waals surface area contributed by atoms with Gasteiger partial charge in [0, 0.05) is 24.5 Å². The van der Waals surface area contributed by atoms with E-state index in [-0.39, 0.29) is 0 Å². The standard InChI is InChI=1S/C14H18N2O/c1-3-10-17-13-7-5-6-12(11-13)14-15-8-9-16(14)4-2/h5-9,11H,3-4,10H2,1-2H3. The van der Waals surface area contributed by atoms with Gasteiger partial charge in [0.15, 0.2) is 0 Å². The maximum atomic E-state index is 5.63. The summed E-state index contributed by atoms with van der Waals surface area (Å²) in [6.07, 6.45) is 4.85. The molecule has 0 amide bonds. The first-order valence-corrected chi connectivity index (χ1v) is 6.09. The lowest BCUT2D eigenvalue weighted by Gasteiger charge is -2.08. The van der Waals surface area contributed by atoms with Crippen LogP contribution in [-0.4, -0.2) is 16.2 Å². The predicted octanol–water partition coefficient (Wildman–Crippen LogP) is 3.36. The first-order chi connectivity index (χ1) is 8.35. The number of hydrogen-bond donors (Lipinski definition) is 0. The highest BCUT2D eigenvalue weighted by molar-refractivity contribution is 5.58. The van der Waals surface area contributed by atoms with Crippen LogP contribution in [-0.2, 0) is 6.54 Å². The molecule has 17 heavy (non-hydrogen) atoms. The van der Waals surface area contributed by atoms with Gasteiger partial charge in [0.05, 0.1) is 6.61 Å². The minimum Gasteiger partial charge on any atom is -0.494 e. The third-order valence-electron chi connectivity index (χ3n) is 2.62. The van der Waals surface area contributed by atoms with E-state index in [4.69, 9.17) is 4.74 Å². The quantitative estimate of drug-likeness (QED) is 0.787. The Morgan fingerprint density at radius 3 is 2.94 bits per heavy atom. The highest BCUT2D eigenvalue weighted by Gasteiger charge is 2.05. The van der Waals surface area contributed by atoms with Crippen molar-refractivity contribution in [3.05, 3.63) is 36.7 Å². The Kier molecular flexibility index (Phi) is 3.81. The van der Waals surface area contributed by atoms with Crippen LogP contribution in [0.2, 0.25) is 0 Å². The van der Waals surface area contributed by atoms with Crippen molar-refractivity contribution >= 4 is 0 Å². The van der Waals surface area contributed by atoms with Gasteiger partial charge in [-0.3, -0.25) is 0 Å². The van der Waals surface area contributed by atoms with Crippen LogP contribution in [0.4, 0.5) is 0 Å². The smallest absolute Gasteiger partial charge is 0.140 e. The van der Waals surface area contributed by atoms with Gasteiger partial charge in [0.25, 0.3) is 0 Å². The van der Waals surface area contributed by atoms with Gasteiger partial charge in [0.2, 0.25) is 0 Å². The van der Waals surface area contributed by atoms with Gasteiger partial charge < -0.3 is 9.30 Å². The van der Waals surface area contributed by atoms with Crippen molar-refractivity contribution in [2.24, 2.45) is 0 Å². The molecule has 3 heteroatoms. The van der Waals surface area contributed by atoms with E-state index in [1.807, 2.05) is 30.6 Å². The number of ether oxygens (including phenoxy) is 1. The van der Waals surface area contributed by atoms with Crippen LogP contribution in [0.3, 0.4) is 0 Å². The number of aryl methyl sites for hydroxylation is 1. The van der Waals surface area contributed by atoms with Gasteiger partial charge in [-0.15, -0.1) is 0 Å². The molecule has 0 aliphatic carbocycles. The fourth-order valence-electron chi connectivity index (χ4n) is 1.77. The molecule has 1 aromatic heterocycles. The summed E-state index contributed by atoms with van der Waals surface area (Å²) in [5.41, 5.74) is 1.10. The van der Waals surface area contributed by atoms with Crippen LogP contribution in [0.25, 0.3) is 11.4 Å². The van der Waals surface area contributed by atoms with Crippen molar-refractivity contribution in [1.29, 1.82) is 0 Å². The molecule has 0 aliphatic heterocycles. The maximum Gasteiger partial charge on any atom is 0.140 e. The summed E-state index contributed by atoms with van der Waals surface area (Å²) in [5, 5.41) is 0. The molecule has 0 bridgehead atoms. The Morgan fingerprint density at radius 2 is 2.18 bits per heavy atom. The molecule has 0 saturated carbocycles. The number of aromatic nitrogens is 2. The first kappa shape index (κ1) is 11.7. The van der Waals surface area contributed by atoms with Gasteiger partial charge in [-0.1, -0.05) is 19.1 Å². The van der Waals surface area contributed by atoms with Crippen LogP contribution >= 0.6 is 0 Å². The van der Waals surface area contributed by atoms with Gasteiger partial charge in [-0.25, -0.2) is 4.98 Å². The summed E-state index contributed by atoms with van der Waals surface area (Å²) in [6, 6.07) is 8.10. The molecule has 0 radical (unpaired) electrons. The van der Waals surface area contributed by atoms with Crippen LogP contribution in [0.1, 0.15) is 20.3 Å². The van der Waals surface area contributed by atoms with Crippen molar-refractivity contribution in [3.63, 3.8) is 0 Å². The lowest BCUT2D eigenvalue weighted by atomic mass is 10.2. The van der Waals surface area contributed by atoms with Crippen molar-refractivity contribution in [3.8, 4) is 17.1 Å². The van der Waals surface area contributed by atoms with E-state index >= 15 is 0 Å². The summed E-state index contributed by atoms with van der Waals surface area (Å²) < 4.78 is 7.75. The lowest BCUT2D eigenvalue weighted by molar-refractivity contribution is 0.317. The van der Waals surface area contributed by atoms with Crippen LogP contribution in [0.5, 0.6) is 5.75 Å². The lowest BCUT2D eigenvalue weighted by Crippen LogP contribution is -1.98. The second kappa shape index (κ2) is 5.53. The highest BCUT2D eigenvalue weighted by Crippen LogP contribution is 2.22. The largest absolute Gasteiger partial charge is 0.494 e. The maximum absolute atomic E-state index is 5.63. The first-order valence-electron chi connectivity index (χ1n) is 6.09. The Labute approximate surface area is 102 Å². The SMILES string of the molecule is CCCOc1cccc(-c2nccn2CC)c1. The molecule has 0 N–H and O–H groups in total. The average Bonchev–Trinajstić information content (AvgIpc) is 2.85. The molecular formula is C14H18N2O. The molecule has 3 nitrogen and oxygen atoms in total. The topological polar surface area (TPSA) is 27.1 Å². The van der Waals surface area contributed by atoms with Crippen LogP contribution in [0.15, 0.2) is 36.7 Å². The Balaban J connectivity index is 2.26. The normalized spacial score (nSPS) is 10.5. The molecule has 0 spiro atoms. The highest BCUT2D eigenvalue weighted by atomic mass is 16.5. The summed E-state index contributed by atoms with van der Waals surface area (Å²) in [6.45, 7) is 5.90. The minimum absolute atomic E-state index is 0.756. The second-order valence-electron chi connectivity index (χ2n) is 3.91. The number of imidazole rings is 1. The molecule has 1 aromatic carbocycles. The molecule has 0 aliphatic rings. The van der Waals surface area contributed by atoms with Crippen LogP contribution in [0, 0.1) is 0 Å². The van der Waals surface area contributed by atoms with Gasteiger partial charge in [0.1, 0.15) is 11.6 Å². The number of rotatable bonds is 5. The minimum atomic E-state index is 0.756. The zero-order valence-electron chi connectivity index (χ0n) is 10.4. The molecule has 2 rings (SSSR count). The average molecular weight is 230 g/mol. The van der Waals surface area contributed by atoms with Crippen molar-refractivity contribution in [2.45, 2.75) is 26.8 Å². The molecule has 2 aromatic rings. The van der Waals surface area contributed by atoms with Crippen molar-refractivity contribution in [1.82, 2.24) is 9.55 Å². The zero-order chi connectivity index (χ0) is 12.1. The van der Waals surface area contributed by atoms with E-state index in [0.717, 1.165) is 36.7 Å². The fraction of sp³-hybridized carbons (Fsp3) is 0.357. The van der Waals surface area contributed by atoms with E-state index in [0.29, 0.717) is 0 Å². The number of hydrogen-bond acceptors (Lipinski definition) is 2. The van der Waals surface area contributed by atoms with Crippen molar-refractivity contribution in [2.75, 3.05) is 6.61 Å². The predicted molar refractivity (Wildman–Crippen MR) is 69.1 cm³/mol. The Bertz CT molecular complexity index is 477. The number of nitrogens with zero attached hydrogens (tertiary/aromatic N) is 2. The van der Waals surface area contributed by atoms with E-state index in [1.165, 1.54) is 0 Å². The van der Waals surface area contributed by atoms with E-state index in [1.54, 1.807) is 0 Å². The Hall–Kier alpha value is -1.77. The van der Waals surface area contributed by atoms with E-state index in [2.05, 4.69) is 29.5 Å². The molecule has 1 heterocycles. The second-order valence-corrected chi connectivity index (χ2v) is 3.91. The third kappa shape index (κ3) is 2.67. The van der Waals surface area contributed by atoms with E-state index in [9.17, 15) is 0 Å². The van der Waals surface area contributed by atoms with Gasteiger partial charge in [-0.05, 0) is 25.5 Å². The molecule has 0 unspecified atom stereocenters. The molecule has 90 valence electrons. The summed E-state index contributed by atoms with van der Waals surface area (Å²) in [5.74, 6) is 1.91. The van der Waals surface area contributed by atoms with Crippen LogP contribution < -0.4 is 4.74 Å². The molecule has 0 atom stereocenters. The molecular weight excluding hydrogens is 212 g/mol. The summed E-state index contributed by atoms with van der Waals surface area (Å²) >= 11 is 0. The molecule has 0 fully saturated rings. The fourth-order valence-corrected chi connectivity index (χ4v) is 1.77. The summed E-state index contributed by atoms with van der Waals surface area (Å²) in [7, 11) is 0. The van der Waals surface area contributed by atoms with Gasteiger partial charge >= 0.3 is 0 Å². The molecule has 0 saturated heterocycles. The third-order valence-corrected chi connectivity index (χ3v) is 2.62. The Morgan fingerprint density at radius 1 is 1.29 bits per heavy atom. The van der Waals surface area contributed by atoms with E-state index < -0.39 is 0 Å². The summed E-state index contributed by atoms with van der Waals surface area (Å²) in [4.78, 5) is 4.39. The monoisotopic (exact) mass is 230 g/mol. The van der Waals surface area contributed by atoms with Crippen molar-refractivity contribution < 1.29 is 4.74 Å². The zero-order valence-corrected chi connectivity index (χ0v) is 10.4. The number of benzene rings is 1. The van der Waals surface area contributed by atoms with Gasteiger partial charge in [-0.2, -0.15) is 0 Å².